The molecule has 0 radical (unpaired) electrons. The molecule has 5 nitrogen and oxygen atoms in total. The van der Waals surface area contributed by atoms with E-state index in [1.807, 2.05) is 19.1 Å². The fourth-order valence-corrected chi connectivity index (χ4v) is 5.79. The number of likely N-dealkylation sites (N-methyl/N-ethyl adjacent to an activating group) is 1. The van der Waals surface area contributed by atoms with E-state index in [1.165, 1.54) is 23.3 Å². The molecule has 2 atom stereocenters. The van der Waals surface area contributed by atoms with Crippen molar-refractivity contribution in [1.82, 2.24) is 15.5 Å². The van der Waals surface area contributed by atoms with E-state index in [0.717, 1.165) is 62.4 Å². The maximum Gasteiger partial charge on any atom is 0.251 e. The standard InChI is InChI=1S/C37H49F2N3O2.2ClH/c1-6-27-8-7-9-31(19-27)37(12-13-37)40-24-35(43)34(22-29-20-32(38)23-33(39)21-29)41-36(44)30-17-26(4)16-28(18-30)11-15-42(5)14-10-25(2)3;;/h7-9,16-21,23,25,34-35,40,43H,6,10-15,22,24H2,1-5H3,(H,41,44);2*1H/t34-,35+;;/m0../s1. The van der Waals surface area contributed by atoms with Crippen molar-refractivity contribution in [3.63, 3.8) is 0 Å². The van der Waals surface area contributed by atoms with E-state index in [-0.39, 0.29) is 49.2 Å². The zero-order valence-corrected chi connectivity index (χ0v) is 29.4. The number of aliphatic hydroxyl groups excluding tert-OH is 1. The minimum Gasteiger partial charge on any atom is -0.390 e. The number of halogens is 4. The topological polar surface area (TPSA) is 64.6 Å². The molecule has 1 saturated carbocycles. The Hall–Kier alpha value is -2.55. The zero-order valence-electron chi connectivity index (χ0n) is 27.7. The number of hydrogen-bond acceptors (Lipinski definition) is 4. The van der Waals surface area contributed by atoms with Gasteiger partial charge in [0.2, 0.25) is 0 Å². The zero-order chi connectivity index (χ0) is 31.9. The number of nitrogens with one attached hydrogen (secondary N) is 2. The van der Waals surface area contributed by atoms with Crippen molar-refractivity contribution in [3.8, 4) is 0 Å². The van der Waals surface area contributed by atoms with Gasteiger partial charge < -0.3 is 20.6 Å². The first kappa shape index (κ1) is 39.6. The van der Waals surface area contributed by atoms with Crippen LogP contribution in [0.4, 0.5) is 8.78 Å². The summed E-state index contributed by atoms with van der Waals surface area (Å²) in [4.78, 5) is 15.9. The molecular formula is C37H51Cl2F2N3O2. The molecule has 254 valence electrons. The smallest absolute Gasteiger partial charge is 0.251 e. The maximum atomic E-state index is 14.1. The van der Waals surface area contributed by atoms with Crippen LogP contribution in [0.5, 0.6) is 0 Å². The first-order chi connectivity index (χ1) is 21.0. The van der Waals surface area contributed by atoms with Crippen LogP contribution in [0.15, 0.2) is 60.7 Å². The first-order valence-electron chi connectivity index (χ1n) is 16.0. The van der Waals surface area contributed by atoms with Gasteiger partial charge in [0.25, 0.3) is 5.91 Å². The van der Waals surface area contributed by atoms with Crippen LogP contribution < -0.4 is 10.6 Å². The van der Waals surface area contributed by atoms with Gasteiger partial charge in [0.1, 0.15) is 11.6 Å². The molecule has 0 saturated heterocycles. The number of aliphatic hydroxyl groups is 1. The summed E-state index contributed by atoms with van der Waals surface area (Å²) in [5.74, 6) is -1.05. The number of benzene rings is 3. The summed E-state index contributed by atoms with van der Waals surface area (Å²) in [7, 11) is 2.12. The van der Waals surface area contributed by atoms with Crippen LogP contribution in [0.2, 0.25) is 0 Å². The lowest BCUT2D eigenvalue weighted by Crippen LogP contribution is -2.50. The predicted molar refractivity (Wildman–Crippen MR) is 188 cm³/mol. The molecule has 46 heavy (non-hydrogen) atoms. The molecule has 3 N–H and O–H groups in total. The van der Waals surface area contributed by atoms with Gasteiger partial charge in [0.05, 0.1) is 12.1 Å². The first-order valence-corrected chi connectivity index (χ1v) is 16.0. The lowest BCUT2D eigenvalue weighted by Gasteiger charge is -2.27. The third-order valence-electron chi connectivity index (χ3n) is 8.72. The number of amides is 1. The molecule has 3 aromatic carbocycles. The molecule has 3 aromatic rings. The second-order valence-corrected chi connectivity index (χ2v) is 13.1. The monoisotopic (exact) mass is 677 g/mol. The van der Waals surface area contributed by atoms with Crippen LogP contribution in [0.25, 0.3) is 0 Å². The molecule has 0 unspecified atom stereocenters. The minimum atomic E-state index is -0.990. The normalized spacial score (nSPS) is 14.7. The summed E-state index contributed by atoms with van der Waals surface area (Å²) in [5.41, 5.74) is 5.18. The highest BCUT2D eigenvalue weighted by Crippen LogP contribution is 2.45. The summed E-state index contributed by atoms with van der Waals surface area (Å²) in [6, 6.07) is 16.9. The Labute approximate surface area is 286 Å². The van der Waals surface area contributed by atoms with Gasteiger partial charge in [-0.1, -0.05) is 56.7 Å². The van der Waals surface area contributed by atoms with Crippen molar-refractivity contribution in [2.45, 2.75) is 83.9 Å². The molecule has 0 aliphatic heterocycles. The van der Waals surface area contributed by atoms with Crippen molar-refractivity contribution in [1.29, 1.82) is 0 Å². The van der Waals surface area contributed by atoms with Crippen molar-refractivity contribution in [2.75, 3.05) is 26.7 Å². The van der Waals surface area contributed by atoms with Gasteiger partial charge in [-0.15, -0.1) is 24.8 Å². The average Bonchev–Trinajstić information content (AvgIpc) is 3.78. The Balaban J connectivity index is 0.00000368. The molecule has 0 heterocycles. The fraction of sp³-hybridized carbons (Fsp3) is 0.486. The van der Waals surface area contributed by atoms with Crippen LogP contribution in [0.1, 0.15) is 78.2 Å². The number of hydrogen-bond donors (Lipinski definition) is 3. The van der Waals surface area contributed by atoms with Crippen molar-refractivity contribution >= 4 is 30.7 Å². The van der Waals surface area contributed by atoms with Gasteiger partial charge in [-0.25, -0.2) is 8.78 Å². The molecule has 4 rings (SSSR count). The van der Waals surface area contributed by atoms with Crippen LogP contribution in [-0.4, -0.2) is 54.7 Å². The third kappa shape index (κ3) is 11.6. The third-order valence-corrected chi connectivity index (χ3v) is 8.72. The summed E-state index contributed by atoms with van der Waals surface area (Å²) in [5, 5.41) is 18.0. The molecule has 0 aromatic heterocycles. The number of carbonyl (C=O) groups excluding carboxylic acids is 1. The van der Waals surface area contributed by atoms with Crippen molar-refractivity contribution in [2.24, 2.45) is 5.92 Å². The van der Waals surface area contributed by atoms with Gasteiger partial charge in [0, 0.05) is 30.3 Å². The van der Waals surface area contributed by atoms with Gasteiger partial charge >= 0.3 is 0 Å². The van der Waals surface area contributed by atoms with Gasteiger partial charge in [0.15, 0.2) is 0 Å². The number of aryl methyl sites for hydroxylation is 2. The molecule has 1 amide bonds. The highest BCUT2D eigenvalue weighted by Gasteiger charge is 2.44. The lowest BCUT2D eigenvalue weighted by atomic mass is 9.97. The van der Waals surface area contributed by atoms with Gasteiger partial charge in [-0.3, -0.25) is 4.79 Å². The summed E-state index contributed by atoms with van der Waals surface area (Å²) in [6.45, 7) is 10.7. The van der Waals surface area contributed by atoms with E-state index in [4.69, 9.17) is 0 Å². The highest BCUT2D eigenvalue weighted by molar-refractivity contribution is 5.94. The van der Waals surface area contributed by atoms with Crippen LogP contribution in [-0.2, 0) is 24.8 Å². The molecular weight excluding hydrogens is 627 g/mol. The molecule has 1 fully saturated rings. The van der Waals surface area contributed by atoms with E-state index >= 15 is 0 Å². The van der Waals surface area contributed by atoms with Crippen LogP contribution in [0.3, 0.4) is 0 Å². The molecule has 1 aliphatic carbocycles. The quantitative estimate of drug-likeness (QED) is 0.150. The Morgan fingerprint density at radius 2 is 1.65 bits per heavy atom. The summed E-state index contributed by atoms with van der Waals surface area (Å²) >= 11 is 0. The van der Waals surface area contributed by atoms with Crippen molar-refractivity contribution < 1.29 is 18.7 Å². The van der Waals surface area contributed by atoms with E-state index in [0.29, 0.717) is 17.0 Å². The highest BCUT2D eigenvalue weighted by atomic mass is 35.5. The van der Waals surface area contributed by atoms with Gasteiger partial charge in [-0.05, 0) is 111 Å². The van der Waals surface area contributed by atoms with E-state index in [9.17, 15) is 18.7 Å². The minimum absolute atomic E-state index is 0. The Morgan fingerprint density at radius 3 is 2.28 bits per heavy atom. The predicted octanol–water partition coefficient (Wildman–Crippen LogP) is 7.18. The van der Waals surface area contributed by atoms with Crippen LogP contribution >= 0.6 is 24.8 Å². The Kier molecular flexibility index (Phi) is 15.6. The number of carbonyl (C=O) groups is 1. The summed E-state index contributed by atoms with van der Waals surface area (Å²) < 4.78 is 28.1. The molecule has 1 aliphatic rings. The molecule has 9 heteroatoms. The second kappa shape index (κ2) is 18.1. The van der Waals surface area contributed by atoms with E-state index in [1.54, 1.807) is 0 Å². The maximum absolute atomic E-state index is 14.1. The fourth-order valence-electron chi connectivity index (χ4n) is 5.79. The summed E-state index contributed by atoms with van der Waals surface area (Å²) in [6.07, 6.45) is 3.90. The second-order valence-electron chi connectivity index (χ2n) is 13.1. The largest absolute Gasteiger partial charge is 0.390 e. The molecule has 0 bridgehead atoms. The number of rotatable bonds is 16. The Bertz CT molecular complexity index is 1400. The lowest BCUT2D eigenvalue weighted by molar-refractivity contribution is 0.0822. The number of nitrogens with zero attached hydrogens (tertiary/aromatic N) is 1. The van der Waals surface area contributed by atoms with E-state index < -0.39 is 23.8 Å². The Morgan fingerprint density at radius 1 is 0.957 bits per heavy atom. The average molecular weight is 679 g/mol. The van der Waals surface area contributed by atoms with Crippen LogP contribution in [0, 0.1) is 24.5 Å². The van der Waals surface area contributed by atoms with E-state index in [2.05, 4.69) is 73.7 Å². The molecule has 0 spiro atoms. The van der Waals surface area contributed by atoms with Gasteiger partial charge in [-0.2, -0.15) is 0 Å². The SMILES string of the molecule is CCc1cccc(C2(NC[C@@H](O)[C@H](Cc3cc(F)cc(F)c3)NC(=O)c3cc(C)cc(CCN(C)CCC(C)C)c3)CC2)c1.Cl.Cl. The van der Waals surface area contributed by atoms with Crippen molar-refractivity contribution in [3.05, 3.63) is 106 Å².